The first-order chi connectivity index (χ1) is 12.3. The molecule has 3 rings (SSSR count). The second-order valence-corrected chi connectivity index (χ2v) is 7.28. The van der Waals surface area contributed by atoms with Crippen LogP contribution in [-0.4, -0.2) is 55.9 Å². The molecule has 1 heterocycles. The molecule has 1 aliphatic rings. The molecule has 0 radical (unpaired) electrons. The lowest BCUT2D eigenvalue weighted by atomic mass is 9.76. The third-order valence-electron chi connectivity index (χ3n) is 4.69. The Balaban J connectivity index is 2.23. The van der Waals surface area contributed by atoms with Gasteiger partial charge in [-0.15, -0.1) is 0 Å². The fourth-order valence-electron chi connectivity index (χ4n) is 3.53. The number of ether oxygens (including phenoxy) is 1. The molecule has 0 aromatic heterocycles. The number of carbonyl (C=O) groups is 1. The Morgan fingerprint density at radius 3 is 2.50 bits per heavy atom. The largest absolute Gasteiger partial charge is 0.387 e. The first-order valence-corrected chi connectivity index (χ1v) is 8.99. The van der Waals surface area contributed by atoms with Gasteiger partial charge in [-0.1, -0.05) is 58.4 Å². The van der Waals surface area contributed by atoms with Crippen LogP contribution in [0.25, 0.3) is 10.8 Å². The van der Waals surface area contributed by atoms with Crippen molar-refractivity contribution >= 4 is 32.6 Å². The number of halogens is 1. The van der Waals surface area contributed by atoms with E-state index in [1.807, 2.05) is 18.2 Å². The van der Waals surface area contributed by atoms with Gasteiger partial charge in [-0.05, 0) is 16.3 Å². The van der Waals surface area contributed by atoms with Crippen molar-refractivity contribution in [2.75, 3.05) is 0 Å². The molecule has 26 heavy (non-hydrogen) atoms. The van der Waals surface area contributed by atoms with Crippen molar-refractivity contribution in [1.29, 1.82) is 0 Å². The quantitative estimate of drug-likeness (QED) is 0.452. The standard InChI is InChI=1S/C18H20BrNO6/c1-9(21)20-18(12-8-4-6-10-5-2-3-7-11(10)12)15(23)13(22)14(16(19)24)26-17(18)25/h2-8,13-17,22-25H,1H3,(H,20,21)/t13-,14+,15+,16?,17-,18-/m0/s1. The fourth-order valence-corrected chi connectivity index (χ4v) is 3.97. The molecule has 0 bridgehead atoms. The van der Waals surface area contributed by atoms with Gasteiger partial charge in [0.25, 0.3) is 0 Å². The van der Waals surface area contributed by atoms with Gasteiger partial charge in [0.05, 0.1) is 0 Å². The van der Waals surface area contributed by atoms with Crippen LogP contribution in [-0.2, 0) is 15.1 Å². The van der Waals surface area contributed by atoms with Crippen molar-refractivity contribution in [3.8, 4) is 0 Å². The molecule has 0 aliphatic carbocycles. The molecule has 140 valence electrons. The van der Waals surface area contributed by atoms with Crippen LogP contribution in [0, 0.1) is 0 Å². The average Bonchev–Trinajstić information content (AvgIpc) is 2.61. The Kier molecular flexibility index (Phi) is 5.34. The molecule has 0 spiro atoms. The highest BCUT2D eigenvalue weighted by Gasteiger charge is 2.58. The monoisotopic (exact) mass is 425 g/mol. The van der Waals surface area contributed by atoms with Gasteiger partial charge in [0, 0.05) is 6.92 Å². The first-order valence-electron chi connectivity index (χ1n) is 8.08. The zero-order valence-electron chi connectivity index (χ0n) is 13.9. The van der Waals surface area contributed by atoms with Gasteiger partial charge in [0.1, 0.15) is 28.9 Å². The lowest BCUT2D eigenvalue weighted by molar-refractivity contribution is -0.290. The smallest absolute Gasteiger partial charge is 0.217 e. The number of carbonyl (C=O) groups excluding carboxylic acids is 1. The Bertz CT molecular complexity index is 810. The van der Waals surface area contributed by atoms with Gasteiger partial charge in [-0.3, -0.25) is 4.79 Å². The summed E-state index contributed by atoms with van der Waals surface area (Å²) in [6.45, 7) is 1.24. The maximum absolute atomic E-state index is 11.9. The summed E-state index contributed by atoms with van der Waals surface area (Å²) in [5.41, 5.74) is -1.42. The van der Waals surface area contributed by atoms with Crippen LogP contribution in [0.15, 0.2) is 42.5 Å². The van der Waals surface area contributed by atoms with Crippen LogP contribution < -0.4 is 5.32 Å². The Morgan fingerprint density at radius 1 is 1.19 bits per heavy atom. The van der Waals surface area contributed by atoms with Crippen LogP contribution in [0.1, 0.15) is 12.5 Å². The maximum atomic E-state index is 11.9. The molecule has 7 nitrogen and oxygen atoms in total. The van der Waals surface area contributed by atoms with E-state index in [1.165, 1.54) is 6.92 Å². The van der Waals surface area contributed by atoms with Gasteiger partial charge in [-0.25, -0.2) is 0 Å². The van der Waals surface area contributed by atoms with E-state index in [0.717, 1.165) is 5.39 Å². The topological polar surface area (TPSA) is 119 Å². The molecule has 8 heteroatoms. The summed E-state index contributed by atoms with van der Waals surface area (Å²) in [6, 6.07) is 12.5. The van der Waals surface area contributed by atoms with Crippen LogP contribution in [0.2, 0.25) is 0 Å². The van der Waals surface area contributed by atoms with E-state index >= 15 is 0 Å². The number of rotatable bonds is 3. The SMILES string of the molecule is CC(=O)N[C@@]1(c2cccc3ccccc23)[C@H](O)[C@@H](O)[C@H](C(O)Br)O[C@@H]1O. The molecule has 6 atom stereocenters. The minimum Gasteiger partial charge on any atom is -0.387 e. The van der Waals surface area contributed by atoms with Crippen molar-refractivity contribution in [2.24, 2.45) is 0 Å². The summed E-state index contributed by atoms with van der Waals surface area (Å²) in [7, 11) is 0. The molecule has 1 amide bonds. The number of benzene rings is 2. The van der Waals surface area contributed by atoms with E-state index in [2.05, 4.69) is 21.2 Å². The van der Waals surface area contributed by atoms with Crippen LogP contribution >= 0.6 is 15.9 Å². The Hall–Kier alpha value is -1.55. The number of alkyl halides is 1. The molecule has 5 N–H and O–H groups in total. The fraction of sp³-hybridized carbons (Fsp3) is 0.389. The molecule has 2 aromatic carbocycles. The Morgan fingerprint density at radius 2 is 1.85 bits per heavy atom. The van der Waals surface area contributed by atoms with E-state index in [-0.39, 0.29) is 0 Å². The molecule has 1 fully saturated rings. The highest BCUT2D eigenvalue weighted by Crippen LogP contribution is 2.41. The maximum Gasteiger partial charge on any atom is 0.217 e. The molecule has 0 saturated carbocycles. The van der Waals surface area contributed by atoms with Gasteiger partial charge in [0.15, 0.2) is 6.29 Å². The highest BCUT2D eigenvalue weighted by molar-refractivity contribution is 9.09. The van der Waals surface area contributed by atoms with Crippen molar-refractivity contribution in [2.45, 2.75) is 42.1 Å². The predicted octanol–water partition coefficient (Wildman–Crippen LogP) is 0.323. The van der Waals surface area contributed by atoms with Crippen molar-refractivity contribution in [3.63, 3.8) is 0 Å². The second-order valence-electron chi connectivity index (χ2n) is 6.34. The zero-order chi connectivity index (χ0) is 19.1. The summed E-state index contributed by atoms with van der Waals surface area (Å²) >= 11 is 2.88. The molecular formula is C18H20BrNO6. The number of nitrogens with one attached hydrogen (secondary N) is 1. The number of amides is 1. The number of hydrogen-bond donors (Lipinski definition) is 5. The number of fused-ring (bicyclic) bond motifs is 1. The second kappa shape index (κ2) is 7.22. The van der Waals surface area contributed by atoms with E-state index in [9.17, 15) is 25.2 Å². The van der Waals surface area contributed by atoms with Crippen molar-refractivity contribution in [1.82, 2.24) is 5.32 Å². The molecule has 1 saturated heterocycles. The summed E-state index contributed by atoms with van der Waals surface area (Å²) < 4.78 is 5.38. The van der Waals surface area contributed by atoms with E-state index < -0.39 is 41.1 Å². The highest BCUT2D eigenvalue weighted by atomic mass is 79.9. The van der Waals surface area contributed by atoms with Crippen LogP contribution in [0.3, 0.4) is 0 Å². The average molecular weight is 426 g/mol. The summed E-state index contributed by atoms with van der Waals surface area (Å²) in [6.07, 6.45) is -6.21. The molecule has 1 aliphatic heterocycles. The van der Waals surface area contributed by atoms with E-state index in [1.54, 1.807) is 24.3 Å². The van der Waals surface area contributed by atoms with Gasteiger partial charge >= 0.3 is 0 Å². The van der Waals surface area contributed by atoms with Crippen LogP contribution in [0.4, 0.5) is 0 Å². The number of aliphatic hydroxyl groups is 4. The van der Waals surface area contributed by atoms with Crippen LogP contribution in [0.5, 0.6) is 0 Å². The molecular weight excluding hydrogens is 406 g/mol. The van der Waals surface area contributed by atoms with Crippen molar-refractivity contribution in [3.05, 3.63) is 48.0 Å². The minimum atomic E-state index is -1.81. The third kappa shape index (κ3) is 3.02. The van der Waals surface area contributed by atoms with Gasteiger partial charge in [-0.2, -0.15) is 0 Å². The van der Waals surface area contributed by atoms with E-state index in [0.29, 0.717) is 10.9 Å². The minimum absolute atomic E-state index is 0.396. The molecule has 2 aromatic rings. The third-order valence-corrected chi connectivity index (χ3v) is 5.21. The lowest BCUT2D eigenvalue weighted by Gasteiger charge is -2.50. The zero-order valence-corrected chi connectivity index (χ0v) is 15.5. The summed E-state index contributed by atoms with van der Waals surface area (Å²) in [4.78, 5) is 11.9. The summed E-state index contributed by atoms with van der Waals surface area (Å²) in [5.74, 6) is -0.523. The normalized spacial score (nSPS) is 33.0. The molecule has 1 unspecified atom stereocenters. The predicted molar refractivity (Wildman–Crippen MR) is 97.3 cm³/mol. The number of aliphatic hydroxyl groups excluding tert-OH is 4. The van der Waals surface area contributed by atoms with Gasteiger partial charge < -0.3 is 30.5 Å². The number of hydrogen-bond acceptors (Lipinski definition) is 6. The summed E-state index contributed by atoms with van der Waals surface area (Å²) in [5, 5.41) is 44.6. The Labute approximate surface area is 158 Å². The van der Waals surface area contributed by atoms with Crippen molar-refractivity contribution < 1.29 is 30.0 Å². The first kappa shape index (κ1) is 19.2. The lowest BCUT2D eigenvalue weighted by Crippen LogP contribution is -2.71. The van der Waals surface area contributed by atoms with Gasteiger partial charge in [0.2, 0.25) is 5.91 Å². The van der Waals surface area contributed by atoms with E-state index in [4.69, 9.17) is 4.74 Å².